The zero-order valence-corrected chi connectivity index (χ0v) is 18.7. The third kappa shape index (κ3) is 4.59. The standard InChI is InChI=1S/C25H21ClF3N3O/c1-3-21-23(32-14-18(26)12-13-22(32)31-21)24(33)30-15(2)16-8-10-17(11-9-16)19-6-4-5-7-20(19)25(27,28)29/h4-15H,3H2,1-2H3,(H,30,33). The van der Waals surface area contributed by atoms with Gasteiger partial charge in [-0.1, -0.05) is 61.0 Å². The van der Waals surface area contributed by atoms with E-state index in [2.05, 4.69) is 10.3 Å². The highest BCUT2D eigenvalue weighted by atomic mass is 35.5. The number of fused-ring (bicyclic) bond motifs is 1. The van der Waals surface area contributed by atoms with Crippen LogP contribution in [0.15, 0.2) is 66.9 Å². The van der Waals surface area contributed by atoms with Crippen LogP contribution in [0, 0.1) is 0 Å². The monoisotopic (exact) mass is 471 g/mol. The van der Waals surface area contributed by atoms with Gasteiger partial charge in [-0.25, -0.2) is 4.98 Å². The van der Waals surface area contributed by atoms with Gasteiger partial charge in [-0.05, 0) is 48.2 Å². The van der Waals surface area contributed by atoms with Gasteiger partial charge in [0, 0.05) is 6.20 Å². The zero-order valence-electron chi connectivity index (χ0n) is 17.9. The number of pyridine rings is 1. The van der Waals surface area contributed by atoms with Crippen molar-refractivity contribution in [1.29, 1.82) is 0 Å². The molecule has 0 aliphatic heterocycles. The summed E-state index contributed by atoms with van der Waals surface area (Å²) >= 11 is 6.10. The zero-order chi connectivity index (χ0) is 23.8. The molecule has 4 aromatic rings. The highest BCUT2D eigenvalue weighted by Crippen LogP contribution is 2.37. The average Bonchev–Trinajstić information content (AvgIpc) is 3.16. The van der Waals surface area contributed by atoms with Crippen molar-refractivity contribution in [1.82, 2.24) is 14.7 Å². The maximum absolute atomic E-state index is 13.4. The van der Waals surface area contributed by atoms with E-state index in [-0.39, 0.29) is 17.5 Å². The molecule has 1 unspecified atom stereocenters. The summed E-state index contributed by atoms with van der Waals surface area (Å²) in [6.45, 7) is 3.74. The molecule has 2 heterocycles. The number of benzene rings is 2. The molecule has 2 aromatic heterocycles. The molecule has 1 N–H and O–H groups in total. The van der Waals surface area contributed by atoms with Gasteiger partial charge < -0.3 is 5.32 Å². The Balaban J connectivity index is 1.59. The summed E-state index contributed by atoms with van der Waals surface area (Å²) in [6.07, 6.45) is -2.22. The molecule has 170 valence electrons. The molecule has 33 heavy (non-hydrogen) atoms. The fourth-order valence-corrected chi connectivity index (χ4v) is 4.00. The van der Waals surface area contributed by atoms with Crippen molar-refractivity contribution in [2.75, 3.05) is 0 Å². The largest absolute Gasteiger partial charge is 0.417 e. The molecule has 2 aromatic carbocycles. The average molecular weight is 472 g/mol. The van der Waals surface area contributed by atoms with Crippen molar-refractivity contribution in [2.24, 2.45) is 0 Å². The molecule has 0 saturated carbocycles. The van der Waals surface area contributed by atoms with Gasteiger partial charge >= 0.3 is 6.18 Å². The quantitative estimate of drug-likeness (QED) is 0.351. The van der Waals surface area contributed by atoms with E-state index in [4.69, 9.17) is 11.6 Å². The summed E-state index contributed by atoms with van der Waals surface area (Å²) in [5.41, 5.74) is 2.35. The van der Waals surface area contributed by atoms with Gasteiger partial charge in [0.1, 0.15) is 11.3 Å². The van der Waals surface area contributed by atoms with E-state index in [0.717, 1.165) is 11.6 Å². The fourth-order valence-electron chi connectivity index (χ4n) is 3.84. The number of hydrogen-bond donors (Lipinski definition) is 1. The minimum Gasteiger partial charge on any atom is -0.344 e. The molecule has 0 fully saturated rings. The molecule has 0 saturated heterocycles. The lowest BCUT2D eigenvalue weighted by molar-refractivity contribution is -0.137. The summed E-state index contributed by atoms with van der Waals surface area (Å²) in [5, 5.41) is 3.44. The number of carbonyl (C=O) groups excluding carboxylic acids is 1. The summed E-state index contributed by atoms with van der Waals surface area (Å²) < 4.78 is 41.7. The number of aryl methyl sites for hydroxylation is 1. The van der Waals surface area contributed by atoms with Crippen molar-refractivity contribution in [3.05, 3.63) is 94.4 Å². The van der Waals surface area contributed by atoms with Gasteiger partial charge in [-0.2, -0.15) is 13.2 Å². The van der Waals surface area contributed by atoms with Gasteiger partial charge in [0.2, 0.25) is 0 Å². The van der Waals surface area contributed by atoms with E-state index < -0.39 is 11.7 Å². The number of halogens is 4. The Labute approximate surface area is 194 Å². The summed E-state index contributed by atoms with van der Waals surface area (Å²) in [7, 11) is 0. The highest BCUT2D eigenvalue weighted by molar-refractivity contribution is 6.30. The van der Waals surface area contributed by atoms with Gasteiger partial charge in [0.25, 0.3) is 5.91 Å². The van der Waals surface area contributed by atoms with Crippen LogP contribution < -0.4 is 5.32 Å². The maximum Gasteiger partial charge on any atom is 0.417 e. The van der Waals surface area contributed by atoms with Crippen LogP contribution in [0.4, 0.5) is 13.2 Å². The molecular weight excluding hydrogens is 451 g/mol. The first kappa shape index (κ1) is 22.9. The second-order valence-electron chi connectivity index (χ2n) is 7.70. The van der Waals surface area contributed by atoms with Crippen LogP contribution in [0.3, 0.4) is 0 Å². The topological polar surface area (TPSA) is 46.4 Å². The number of aromatic nitrogens is 2. The molecular formula is C25H21ClF3N3O. The van der Waals surface area contributed by atoms with Crippen LogP contribution in [0.2, 0.25) is 5.02 Å². The molecule has 8 heteroatoms. The molecule has 0 aliphatic carbocycles. The molecule has 1 amide bonds. The van der Waals surface area contributed by atoms with E-state index in [0.29, 0.717) is 34.0 Å². The first-order valence-corrected chi connectivity index (χ1v) is 10.8. The minimum absolute atomic E-state index is 0.114. The second-order valence-corrected chi connectivity index (χ2v) is 8.13. The molecule has 1 atom stereocenters. The van der Waals surface area contributed by atoms with E-state index >= 15 is 0 Å². The van der Waals surface area contributed by atoms with E-state index in [9.17, 15) is 18.0 Å². The molecule has 0 aliphatic rings. The summed E-state index contributed by atoms with van der Waals surface area (Å²) in [6, 6.07) is 15.3. The van der Waals surface area contributed by atoms with E-state index in [1.165, 1.54) is 12.1 Å². The predicted molar refractivity (Wildman–Crippen MR) is 122 cm³/mol. The van der Waals surface area contributed by atoms with Gasteiger partial charge in [0.15, 0.2) is 0 Å². The molecule has 4 nitrogen and oxygen atoms in total. The Bertz CT molecular complexity index is 1310. The molecule has 0 spiro atoms. The predicted octanol–water partition coefficient (Wildman–Crippen LogP) is 6.73. The molecule has 0 bridgehead atoms. The van der Waals surface area contributed by atoms with Crippen LogP contribution in [0.1, 0.15) is 47.2 Å². The van der Waals surface area contributed by atoms with Gasteiger partial charge in [-0.3, -0.25) is 9.20 Å². The third-order valence-corrected chi connectivity index (χ3v) is 5.73. The molecule has 4 rings (SSSR count). The minimum atomic E-state index is -4.44. The lowest BCUT2D eigenvalue weighted by Gasteiger charge is -2.17. The van der Waals surface area contributed by atoms with E-state index in [1.54, 1.807) is 53.1 Å². The first-order chi connectivity index (χ1) is 15.7. The Hall–Kier alpha value is -3.32. The number of imidazole rings is 1. The summed E-state index contributed by atoms with van der Waals surface area (Å²) in [5.74, 6) is -0.305. The Morgan fingerprint density at radius 1 is 1.09 bits per heavy atom. The number of rotatable bonds is 5. The second kappa shape index (κ2) is 8.90. The number of hydrogen-bond acceptors (Lipinski definition) is 2. The fraction of sp³-hybridized carbons (Fsp3) is 0.200. The van der Waals surface area contributed by atoms with Gasteiger partial charge in [-0.15, -0.1) is 0 Å². The first-order valence-electron chi connectivity index (χ1n) is 10.4. The number of nitrogens with one attached hydrogen (secondary N) is 1. The van der Waals surface area contributed by atoms with Crippen molar-refractivity contribution in [3.8, 4) is 11.1 Å². The van der Waals surface area contributed by atoms with Crippen molar-refractivity contribution >= 4 is 23.2 Å². The Morgan fingerprint density at radius 3 is 2.45 bits per heavy atom. The SMILES string of the molecule is CCc1nc2ccc(Cl)cn2c1C(=O)NC(C)c1ccc(-c2ccccc2C(F)(F)F)cc1. The van der Waals surface area contributed by atoms with Crippen LogP contribution in [-0.2, 0) is 12.6 Å². The van der Waals surface area contributed by atoms with Crippen LogP contribution in [0.25, 0.3) is 16.8 Å². The lowest BCUT2D eigenvalue weighted by Crippen LogP contribution is -2.28. The van der Waals surface area contributed by atoms with Crippen molar-refractivity contribution in [2.45, 2.75) is 32.5 Å². The Kier molecular flexibility index (Phi) is 6.17. The van der Waals surface area contributed by atoms with Crippen LogP contribution in [0.5, 0.6) is 0 Å². The normalized spacial score (nSPS) is 12.7. The number of carbonyl (C=O) groups is 1. The molecule has 0 radical (unpaired) electrons. The number of nitrogens with zero attached hydrogens (tertiary/aromatic N) is 2. The van der Waals surface area contributed by atoms with Crippen molar-refractivity contribution < 1.29 is 18.0 Å². The highest BCUT2D eigenvalue weighted by Gasteiger charge is 2.33. The number of amides is 1. The maximum atomic E-state index is 13.4. The van der Waals surface area contributed by atoms with Crippen LogP contribution in [-0.4, -0.2) is 15.3 Å². The van der Waals surface area contributed by atoms with Crippen molar-refractivity contribution in [3.63, 3.8) is 0 Å². The van der Waals surface area contributed by atoms with E-state index in [1.807, 2.05) is 13.8 Å². The smallest absolute Gasteiger partial charge is 0.344 e. The van der Waals surface area contributed by atoms with Crippen LogP contribution >= 0.6 is 11.6 Å². The lowest BCUT2D eigenvalue weighted by atomic mass is 9.97. The Morgan fingerprint density at radius 2 is 1.79 bits per heavy atom. The summed E-state index contributed by atoms with van der Waals surface area (Å²) in [4.78, 5) is 17.6. The number of alkyl halides is 3. The van der Waals surface area contributed by atoms with Gasteiger partial charge in [0.05, 0.1) is 22.3 Å². The third-order valence-electron chi connectivity index (χ3n) is 5.51.